The van der Waals surface area contributed by atoms with Crippen LogP contribution in [0.1, 0.15) is 23.6 Å². The summed E-state index contributed by atoms with van der Waals surface area (Å²) in [5.41, 5.74) is 4.86. The van der Waals surface area contributed by atoms with E-state index < -0.39 is 0 Å². The normalized spacial score (nSPS) is 18.4. The van der Waals surface area contributed by atoms with Gasteiger partial charge in [-0.2, -0.15) is 0 Å². The molecule has 0 N–H and O–H groups in total. The first-order valence-corrected chi connectivity index (χ1v) is 11.0. The summed E-state index contributed by atoms with van der Waals surface area (Å²) in [6.45, 7) is 8.42. The SMILES string of the molecule is Cc1cc(CCl)cc(CN2CCN(c3nc4ccc(Cl)cc4s3)C[C@H]2C)c1. The molecule has 1 aromatic heterocycles. The van der Waals surface area contributed by atoms with Gasteiger partial charge in [-0.3, -0.25) is 4.90 Å². The van der Waals surface area contributed by atoms with E-state index in [1.54, 1.807) is 11.3 Å². The fourth-order valence-electron chi connectivity index (χ4n) is 3.78. The zero-order chi connectivity index (χ0) is 19.0. The Morgan fingerprint density at radius 2 is 1.96 bits per heavy atom. The van der Waals surface area contributed by atoms with Crippen molar-refractivity contribution in [3.63, 3.8) is 0 Å². The van der Waals surface area contributed by atoms with E-state index in [2.05, 4.69) is 41.8 Å². The Kier molecular flexibility index (Phi) is 5.60. The van der Waals surface area contributed by atoms with Crippen molar-refractivity contribution in [3.05, 3.63) is 58.1 Å². The first-order chi connectivity index (χ1) is 13.0. The topological polar surface area (TPSA) is 19.4 Å². The maximum Gasteiger partial charge on any atom is 0.186 e. The fourth-order valence-corrected chi connectivity index (χ4v) is 5.21. The van der Waals surface area contributed by atoms with Crippen LogP contribution in [-0.4, -0.2) is 35.6 Å². The number of aryl methyl sites for hydroxylation is 1. The molecule has 0 radical (unpaired) electrons. The lowest BCUT2D eigenvalue weighted by molar-refractivity contribution is 0.181. The number of nitrogens with zero attached hydrogens (tertiary/aromatic N) is 3. The molecular weight excluding hydrogens is 397 g/mol. The third kappa shape index (κ3) is 4.24. The number of benzene rings is 2. The number of hydrogen-bond donors (Lipinski definition) is 0. The molecule has 0 spiro atoms. The lowest BCUT2D eigenvalue weighted by Crippen LogP contribution is -2.51. The van der Waals surface area contributed by atoms with E-state index in [0.717, 1.165) is 46.5 Å². The maximum atomic E-state index is 6.12. The predicted octanol–water partition coefficient (Wildman–Crippen LogP) is 5.71. The molecule has 2 aromatic carbocycles. The highest BCUT2D eigenvalue weighted by atomic mass is 35.5. The van der Waals surface area contributed by atoms with Crippen LogP contribution in [0.15, 0.2) is 36.4 Å². The molecule has 1 aliphatic heterocycles. The third-order valence-corrected chi connectivity index (χ3v) is 6.73. The van der Waals surface area contributed by atoms with Gasteiger partial charge in [0.1, 0.15) is 0 Å². The van der Waals surface area contributed by atoms with Crippen molar-refractivity contribution in [2.45, 2.75) is 32.3 Å². The minimum atomic E-state index is 0.467. The van der Waals surface area contributed by atoms with Gasteiger partial charge in [0.05, 0.1) is 10.2 Å². The maximum absolute atomic E-state index is 6.12. The largest absolute Gasteiger partial charge is 0.345 e. The molecule has 2 heterocycles. The van der Waals surface area contributed by atoms with Gasteiger partial charge in [0, 0.05) is 43.1 Å². The zero-order valence-electron chi connectivity index (χ0n) is 15.6. The van der Waals surface area contributed by atoms with Crippen LogP contribution in [0.2, 0.25) is 5.02 Å². The van der Waals surface area contributed by atoms with Crippen molar-refractivity contribution >= 4 is 49.9 Å². The first-order valence-electron chi connectivity index (χ1n) is 9.22. The van der Waals surface area contributed by atoms with Crippen LogP contribution in [0.25, 0.3) is 10.2 Å². The van der Waals surface area contributed by atoms with Gasteiger partial charge >= 0.3 is 0 Å². The van der Waals surface area contributed by atoms with Crippen LogP contribution in [0, 0.1) is 6.92 Å². The van der Waals surface area contributed by atoms with Gasteiger partial charge in [-0.25, -0.2) is 4.98 Å². The molecule has 1 atom stereocenters. The zero-order valence-corrected chi connectivity index (χ0v) is 17.9. The van der Waals surface area contributed by atoms with Crippen molar-refractivity contribution in [2.24, 2.45) is 0 Å². The Morgan fingerprint density at radius 3 is 2.74 bits per heavy atom. The highest BCUT2D eigenvalue weighted by molar-refractivity contribution is 7.22. The molecule has 0 aliphatic carbocycles. The van der Waals surface area contributed by atoms with Crippen LogP contribution in [-0.2, 0) is 12.4 Å². The molecule has 1 aliphatic rings. The Balaban J connectivity index is 1.46. The number of rotatable bonds is 4. The minimum absolute atomic E-state index is 0.467. The monoisotopic (exact) mass is 419 g/mol. The molecule has 1 saturated heterocycles. The molecule has 0 bridgehead atoms. The second-order valence-corrected chi connectivity index (χ2v) is 9.05. The fraction of sp³-hybridized carbons (Fsp3) is 0.381. The van der Waals surface area contributed by atoms with E-state index in [9.17, 15) is 0 Å². The molecule has 3 nitrogen and oxygen atoms in total. The number of piperazine rings is 1. The smallest absolute Gasteiger partial charge is 0.186 e. The van der Waals surface area contributed by atoms with Crippen molar-refractivity contribution in [1.29, 1.82) is 0 Å². The van der Waals surface area contributed by atoms with Crippen LogP contribution < -0.4 is 4.90 Å². The highest BCUT2D eigenvalue weighted by Gasteiger charge is 2.25. The van der Waals surface area contributed by atoms with E-state index in [1.165, 1.54) is 16.7 Å². The number of fused-ring (bicyclic) bond motifs is 1. The second kappa shape index (κ2) is 7.96. The number of anilines is 1. The summed E-state index contributed by atoms with van der Waals surface area (Å²) in [6, 6.07) is 13.0. The Hall–Kier alpha value is -1.33. The minimum Gasteiger partial charge on any atom is -0.345 e. The van der Waals surface area contributed by atoms with E-state index in [1.807, 2.05) is 18.2 Å². The second-order valence-electron chi connectivity index (χ2n) is 7.33. The Morgan fingerprint density at radius 1 is 1.15 bits per heavy atom. The first kappa shape index (κ1) is 19.0. The van der Waals surface area contributed by atoms with Gasteiger partial charge < -0.3 is 4.90 Å². The number of hydrogen-bond acceptors (Lipinski definition) is 4. The predicted molar refractivity (Wildman–Crippen MR) is 117 cm³/mol. The van der Waals surface area contributed by atoms with Gasteiger partial charge in [0.25, 0.3) is 0 Å². The highest BCUT2D eigenvalue weighted by Crippen LogP contribution is 2.32. The van der Waals surface area contributed by atoms with Gasteiger partial charge in [-0.05, 0) is 43.2 Å². The molecule has 1 fully saturated rings. The Labute approximate surface area is 174 Å². The Bertz CT molecular complexity index is 956. The summed E-state index contributed by atoms with van der Waals surface area (Å²) in [6.07, 6.45) is 0. The third-order valence-electron chi connectivity index (χ3n) is 5.11. The number of halogens is 2. The molecule has 27 heavy (non-hydrogen) atoms. The van der Waals surface area contributed by atoms with Crippen molar-refractivity contribution in [1.82, 2.24) is 9.88 Å². The lowest BCUT2D eigenvalue weighted by Gasteiger charge is -2.39. The van der Waals surface area contributed by atoms with Crippen molar-refractivity contribution < 1.29 is 0 Å². The molecule has 0 saturated carbocycles. The number of alkyl halides is 1. The van der Waals surface area contributed by atoms with Crippen LogP contribution in [0.3, 0.4) is 0 Å². The standard InChI is InChI=1S/C21H23Cl2N3S/c1-14-7-16(11-22)9-17(8-14)13-25-5-6-26(12-15(25)2)21-24-19-4-3-18(23)10-20(19)27-21/h3-4,7-10,15H,5-6,11-13H2,1-2H3/t15-/m1/s1. The number of aromatic nitrogens is 1. The van der Waals surface area contributed by atoms with E-state index in [4.69, 9.17) is 28.2 Å². The molecule has 0 unspecified atom stereocenters. The van der Waals surface area contributed by atoms with E-state index in [0.29, 0.717) is 11.9 Å². The summed E-state index contributed by atoms with van der Waals surface area (Å²) in [5.74, 6) is 0.569. The molecule has 4 rings (SSSR count). The van der Waals surface area contributed by atoms with Crippen LogP contribution in [0.4, 0.5) is 5.13 Å². The summed E-state index contributed by atoms with van der Waals surface area (Å²) < 4.78 is 1.15. The molecule has 6 heteroatoms. The average molecular weight is 420 g/mol. The van der Waals surface area contributed by atoms with E-state index in [-0.39, 0.29) is 0 Å². The van der Waals surface area contributed by atoms with Gasteiger partial charge in [-0.1, -0.05) is 46.7 Å². The lowest BCUT2D eigenvalue weighted by atomic mass is 10.1. The average Bonchev–Trinajstić information content (AvgIpc) is 3.06. The quantitative estimate of drug-likeness (QED) is 0.504. The van der Waals surface area contributed by atoms with Crippen LogP contribution in [0.5, 0.6) is 0 Å². The molecule has 0 amide bonds. The molecule has 3 aromatic rings. The summed E-state index contributed by atoms with van der Waals surface area (Å²) >= 11 is 13.9. The van der Waals surface area contributed by atoms with Gasteiger partial charge in [0.2, 0.25) is 0 Å². The summed E-state index contributed by atoms with van der Waals surface area (Å²) in [5, 5.41) is 1.86. The van der Waals surface area contributed by atoms with Gasteiger partial charge in [-0.15, -0.1) is 11.6 Å². The summed E-state index contributed by atoms with van der Waals surface area (Å²) in [7, 11) is 0. The number of thiazole rings is 1. The summed E-state index contributed by atoms with van der Waals surface area (Å²) in [4.78, 5) is 9.76. The molecule has 142 valence electrons. The van der Waals surface area contributed by atoms with E-state index >= 15 is 0 Å². The van der Waals surface area contributed by atoms with Crippen molar-refractivity contribution in [3.8, 4) is 0 Å². The van der Waals surface area contributed by atoms with Crippen LogP contribution >= 0.6 is 34.5 Å². The molecular formula is C21H23Cl2N3S. The van der Waals surface area contributed by atoms with Crippen molar-refractivity contribution in [2.75, 3.05) is 24.5 Å². The van der Waals surface area contributed by atoms with Gasteiger partial charge in [0.15, 0.2) is 5.13 Å².